The van der Waals surface area contributed by atoms with Crippen molar-refractivity contribution < 1.29 is 4.79 Å². The van der Waals surface area contributed by atoms with Gasteiger partial charge in [0.2, 0.25) is 5.95 Å². The van der Waals surface area contributed by atoms with E-state index in [2.05, 4.69) is 69.3 Å². The highest BCUT2D eigenvalue weighted by Gasteiger charge is 2.52. The summed E-state index contributed by atoms with van der Waals surface area (Å²) < 4.78 is 0. The Bertz CT molecular complexity index is 1010. The lowest BCUT2D eigenvalue weighted by atomic mass is 9.60. The minimum absolute atomic E-state index is 0.0377. The molecule has 1 spiro atoms. The van der Waals surface area contributed by atoms with Gasteiger partial charge in [-0.2, -0.15) is 5.26 Å². The predicted octanol–water partition coefficient (Wildman–Crippen LogP) is 2.62. The van der Waals surface area contributed by atoms with Crippen LogP contribution in [0.15, 0.2) is 42.7 Å². The van der Waals surface area contributed by atoms with E-state index in [1.54, 1.807) is 12.4 Å². The van der Waals surface area contributed by atoms with Crippen molar-refractivity contribution in [1.82, 2.24) is 25.1 Å². The lowest BCUT2D eigenvalue weighted by Crippen LogP contribution is -2.68. The molecule has 2 aliphatic heterocycles. The Hall–Kier alpha value is -3.18. The van der Waals surface area contributed by atoms with Crippen molar-refractivity contribution in [3.63, 3.8) is 0 Å². The number of aromatic nitrogens is 2. The molecule has 2 amide bonds. The summed E-state index contributed by atoms with van der Waals surface area (Å²) in [6.07, 6.45) is 5.24. The van der Waals surface area contributed by atoms with Crippen molar-refractivity contribution in [2.45, 2.75) is 51.4 Å². The van der Waals surface area contributed by atoms with Crippen molar-refractivity contribution in [3.8, 4) is 6.07 Å². The second-order valence-electron chi connectivity index (χ2n) is 10.1. The molecular formula is C25H31N7O. The molecule has 1 aromatic heterocycles. The normalized spacial score (nSPS) is 24.6. The minimum Gasteiger partial charge on any atom is -0.337 e. The molecule has 1 aliphatic carbocycles. The second kappa shape index (κ2) is 8.64. The number of rotatable bonds is 4. The third-order valence-corrected chi connectivity index (χ3v) is 7.26. The van der Waals surface area contributed by atoms with E-state index in [-0.39, 0.29) is 24.2 Å². The first-order chi connectivity index (χ1) is 15.9. The molecule has 2 saturated heterocycles. The lowest BCUT2D eigenvalue weighted by molar-refractivity contribution is -0.0812. The van der Waals surface area contributed by atoms with Crippen molar-refractivity contribution in [2.75, 3.05) is 31.1 Å². The summed E-state index contributed by atoms with van der Waals surface area (Å²) in [5.41, 5.74) is 2.21. The van der Waals surface area contributed by atoms with E-state index < -0.39 is 0 Å². The number of anilines is 1. The maximum absolute atomic E-state index is 13.1. The number of nitrogens with zero attached hydrogens (tertiary/aromatic N) is 6. The molecule has 5 rings (SSSR count). The van der Waals surface area contributed by atoms with E-state index in [1.165, 1.54) is 5.56 Å². The zero-order chi connectivity index (χ0) is 23.0. The van der Waals surface area contributed by atoms with Crippen LogP contribution >= 0.6 is 0 Å². The molecule has 1 aromatic carbocycles. The average Bonchev–Trinajstić information content (AvgIpc) is 2.76. The summed E-state index contributed by atoms with van der Waals surface area (Å²) in [6, 6.07) is 13.1. The van der Waals surface area contributed by atoms with Gasteiger partial charge in [0.25, 0.3) is 0 Å². The maximum Gasteiger partial charge on any atom is 0.318 e. The smallest absolute Gasteiger partial charge is 0.318 e. The van der Waals surface area contributed by atoms with Crippen molar-refractivity contribution in [3.05, 3.63) is 53.9 Å². The standard InChI is InChI=1S/C25H31N7O/c1-18-13-31(23-27-11-21(10-26)12-28-23)14-19(2)32(18)24(33)29-22-8-25(9-22)16-30(17-25)15-20-6-4-3-5-7-20/h3-7,11-12,18-19,22H,8-9,13-17H2,1-2H3,(H,29,33)/t18-,19-/m1/s1. The molecule has 0 radical (unpaired) electrons. The first kappa shape index (κ1) is 21.7. The quantitative estimate of drug-likeness (QED) is 0.778. The Morgan fingerprint density at radius 2 is 1.76 bits per heavy atom. The fraction of sp³-hybridized carbons (Fsp3) is 0.520. The second-order valence-corrected chi connectivity index (χ2v) is 10.1. The van der Waals surface area contributed by atoms with Gasteiger partial charge in [-0.25, -0.2) is 14.8 Å². The first-order valence-corrected chi connectivity index (χ1v) is 11.8. The summed E-state index contributed by atoms with van der Waals surface area (Å²) in [5, 5.41) is 12.2. The number of urea groups is 1. The highest BCUT2D eigenvalue weighted by Crippen LogP contribution is 2.48. The molecule has 0 unspecified atom stereocenters. The molecule has 8 heteroatoms. The van der Waals surface area contributed by atoms with Crippen LogP contribution in [0.25, 0.3) is 0 Å². The van der Waals surface area contributed by atoms with Crippen LogP contribution in [-0.2, 0) is 6.54 Å². The number of nitrogens with one attached hydrogen (secondary N) is 1. The van der Waals surface area contributed by atoms with E-state index >= 15 is 0 Å². The minimum atomic E-state index is 0.0377. The van der Waals surface area contributed by atoms with Crippen LogP contribution in [0.1, 0.15) is 37.8 Å². The largest absolute Gasteiger partial charge is 0.337 e. The molecule has 33 heavy (non-hydrogen) atoms. The third kappa shape index (κ3) is 4.38. The summed E-state index contributed by atoms with van der Waals surface area (Å²) in [4.78, 5) is 28.3. The molecule has 3 fully saturated rings. The predicted molar refractivity (Wildman–Crippen MR) is 125 cm³/mol. The van der Waals surface area contributed by atoms with E-state index in [9.17, 15) is 4.79 Å². The summed E-state index contributed by atoms with van der Waals surface area (Å²) >= 11 is 0. The van der Waals surface area contributed by atoms with Gasteiger partial charge in [-0.3, -0.25) is 4.90 Å². The van der Waals surface area contributed by atoms with E-state index in [0.29, 0.717) is 30.0 Å². The third-order valence-electron chi connectivity index (χ3n) is 7.26. The van der Waals surface area contributed by atoms with Gasteiger partial charge in [0.15, 0.2) is 0 Å². The van der Waals surface area contributed by atoms with E-state index in [1.807, 2.05) is 11.0 Å². The van der Waals surface area contributed by atoms with Crippen LogP contribution in [-0.4, -0.2) is 70.1 Å². The topological polar surface area (TPSA) is 88.4 Å². The van der Waals surface area contributed by atoms with Gasteiger partial charge >= 0.3 is 6.03 Å². The average molecular weight is 446 g/mol. The molecule has 1 saturated carbocycles. The number of hydrogen-bond donors (Lipinski definition) is 1. The van der Waals surface area contributed by atoms with Gasteiger partial charge in [0.1, 0.15) is 6.07 Å². The number of likely N-dealkylation sites (tertiary alicyclic amines) is 1. The number of piperazine rings is 1. The Morgan fingerprint density at radius 3 is 2.36 bits per heavy atom. The molecule has 2 atom stereocenters. The lowest BCUT2D eigenvalue weighted by Gasteiger charge is -2.59. The molecule has 8 nitrogen and oxygen atoms in total. The first-order valence-electron chi connectivity index (χ1n) is 11.8. The van der Waals surface area contributed by atoms with Crippen LogP contribution < -0.4 is 10.2 Å². The zero-order valence-corrected chi connectivity index (χ0v) is 19.3. The van der Waals surface area contributed by atoms with E-state index in [4.69, 9.17) is 5.26 Å². The molecule has 3 heterocycles. The Labute approximate surface area is 195 Å². The maximum atomic E-state index is 13.1. The number of carbonyl (C=O) groups is 1. The summed E-state index contributed by atoms with van der Waals surface area (Å²) in [7, 11) is 0. The van der Waals surface area contributed by atoms with Gasteiger partial charge in [-0.05, 0) is 37.7 Å². The fourth-order valence-electron chi connectivity index (χ4n) is 5.88. The number of carbonyl (C=O) groups excluding carboxylic acids is 1. The van der Waals surface area contributed by atoms with Crippen molar-refractivity contribution in [2.24, 2.45) is 5.41 Å². The van der Waals surface area contributed by atoms with Gasteiger partial charge in [-0.1, -0.05) is 30.3 Å². The number of nitriles is 1. The summed E-state index contributed by atoms with van der Waals surface area (Å²) in [5.74, 6) is 0.610. The van der Waals surface area contributed by atoms with Crippen molar-refractivity contribution >= 4 is 12.0 Å². The fourth-order valence-corrected chi connectivity index (χ4v) is 5.88. The Balaban J connectivity index is 1.09. The van der Waals surface area contributed by atoms with Gasteiger partial charge < -0.3 is 15.1 Å². The van der Waals surface area contributed by atoms with Gasteiger partial charge in [-0.15, -0.1) is 0 Å². The van der Waals surface area contributed by atoms with E-state index in [0.717, 1.165) is 32.5 Å². The highest BCUT2D eigenvalue weighted by molar-refractivity contribution is 5.76. The Kier molecular flexibility index (Phi) is 5.67. The zero-order valence-electron chi connectivity index (χ0n) is 19.3. The Morgan fingerprint density at radius 1 is 1.12 bits per heavy atom. The van der Waals surface area contributed by atoms with Gasteiger partial charge in [0, 0.05) is 50.8 Å². The molecule has 1 N–H and O–H groups in total. The monoisotopic (exact) mass is 445 g/mol. The van der Waals surface area contributed by atoms with Crippen LogP contribution in [0.2, 0.25) is 0 Å². The number of benzene rings is 1. The molecule has 2 aromatic rings. The van der Waals surface area contributed by atoms with Gasteiger partial charge in [0.05, 0.1) is 18.0 Å². The number of amides is 2. The highest BCUT2D eigenvalue weighted by atomic mass is 16.2. The molecule has 172 valence electrons. The number of hydrogen-bond acceptors (Lipinski definition) is 6. The van der Waals surface area contributed by atoms with Crippen LogP contribution in [0.3, 0.4) is 0 Å². The molecule has 0 bridgehead atoms. The van der Waals surface area contributed by atoms with Crippen LogP contribution in [0.5, 0.6) is 0 Å². The molecule has 3 aliphatic rings. The van der Waals surface area contributed by atoms with Crippen LogP contribution in [0.4, 0.5) is 10.7 Å². The summed E-state index contributed by atoms with van der Waals surface area (Å²) in [6.45, 7) is 8.76. The molecular weight excluding hydrogens is 414 g/mol. The van der Waals surface area contributed by atoms with Crippen molar-refractivity contribution in [1.29, 1.82) is 5.26 Å². The van der Waals surface area contributed by atoms with Crippen LogP contribution in [0, 0.1) is 16.7 Å². The SMILES string of the molecule is C[C@@H]1CN(c2ncc(C#N)cn2)C[C@@H](C)N1C(=O)NC1CC2(C1)CN(Cc1ccccc1)C2.